The summed E-state index contributed by atoms with van der Waals surface area (Å²) in [5.41, 5.74) is 4.14. The van der Waals surface area contributed by atoms with E-state index >= 15 is 0 Å². The number of hydrogen-bond acceptors (Lipinski definition) is 7. The predicted octanol–water partition coefficient (Wildman–Crippen LogP) is 2.26. The minimum Gasteiger partial charge on any atom is -0.468 e. The zero-order valence-electron chi connectivity index (χ0n) is 19.8. The minimum atomic E-state index is -0.793. The van der Waals surface area contributed by atoms with Crippen molar-refractivity contribution in [2.45, 2.75) is 96.9 Å². The highest BCUT2D eigenvalue weighted by Gasteiger charge is 2.26. The fraction of sp³-hybridized carbons (Fsp3) is 0.857. The van der Waals surface area contributed by atoms with E-state index in [9.17, 15) is 14.4 Å². The highest BCUT2D eigenvalue weighted by Crippen LogP contribution is 2.17. The Morgan fingerprint density at radius 3 is 2.13 bits per heavy atom. The van der Waals surface area contributed by atoms with Gasteiger partial charge in [0, 0.05) is 25.1 Å². The van der Waals surface area contributed by atoms with Crippen molar-refractivity contribution >= 4 is 18.0 Å². The third-order valence-electron chi connectivity index (χ3n) is 4.29. The van der Waals surface area contributed by atoms with Crippen LogP contribution in [0.2, 0.25) is 0 Å². The van der Waals surface area contributed by atoms with Crippen LogP contribution in [0.15, 0.2) is 0 Å². The van der Waals surface area contributed by atoms with Gasteiger partial charge >= 0.3 is 12.1 Å². The van der Waals surface area contributed by atoms with Gasteiger partial charge in [0.15, 0.2) is 0 Å². The fourth-order valence-corrected chi connectivity index (χ4v) is 2.44. The molecule has 0 aliphatic carbocycles. The molecule has 1 atom stereocenters. The summed E-state index contributed by atoms with van der Waals surface area (Å²) in [7, 11) is 1.26. The third-order valence-corrected chi connectivity index (χ3v) is 4.29. The molecular weight excluding hydrogens is 390 g/mol. The van der Waals surface area contributed by atoms with Crippen LogP contribution >= 0.6 is 0 Å². The molecule has 0 spiro atoms. The topological polar surface area (TPSA) is 129 Å². The molecular formula is C21H41N3O6. The van der Waals surface area contributed by atoms with Gasteiger partial charge in [-0.25, -0.2) is 4.79 Å². The standard InChI is InChI=1S/C21H41N3O6/c1-19(2,3)30-18(27)24-20(4,5)12-14-29-21(6,7)11-13-23-16(25)10-9-15(22)17(26)28-8/h15H,9-14,22H2,1-8H3,(H,23,25)(H,24,27). The molecule has 0 saturated heterocycles. The van der Waals surface area contributed by atoms with Gasteiger partial charge in [0.05, 0.1) is 12.7 Å². The molecule has 0 heterocycles. The van der Waals surface area contributed by atoms with Crippen molar-refractivity contribution in [3.05, 3.63) is 0 Å². The average Bonchev–Trinajstić information content (AvgIpc) is 2.55. The molecule has 0 fully saturated rings. The molecule has 0 rings (SSSR count). The number of nitrogens with two attached hydrogens (primary N) is 1. The molecule has 0 aromatic rings. The number of rotatable bonds is 12. The Morgan fingerprint density at radius 1 is 1.00 bits per heavy atom. The molecule has 176 valence electrons. The van der Waals surface area contributed by atoms with Gasteiger partial charge in [0.1, 0.15) is 11.6 Å². The van der Waals surface area contributed by atoms with Crippen molar-refractivity contribution in [1.82, 2.24) is 10.6 Å². The van der Waals surface area contributed by atoms with Gasteiger partial charge in [-0.3, -0.25) is 9.59 Å². The second kappa shape index (κ2) is 12.1. The number of carbonyl (C=O) groups is 3. The van der Waals surface area contributed by atoms with Crippen LogP contribution in [0.5, 0.6) is 0 Å². The Labute approximate surface area is 180 Å². The number of nitrogens with one attached hydrogen (secondary N) is 2. The van der Waals surface area contributed by atoms with Gasteiger partial charge in [-0.15, -0.1) is 0 Å². The van der Waals surface area contributed by atoms with Crippen molar-refractivity contribution in [1.29, 1.82) is 0 Å². The van der Waals surface area contributed by atoms with Gasteiger partial charge in [0.2, 0.25) is 5.91 Å². The normalized spacial score (nSPS) is 13.4. The van der Waals surface area contributed by atoms with Crippen LogP contribution in [0.3, 0.4) is 0 Å². The lowest BCUT2D eigenvalue weighted by atomic mass is 10.0. The summed E-state index contributed by atoms with van der Waals surface area (Å²) < 4.78 is 15.8. The molecule has 0 saturated carbocycles. The SMILES string of the molecule is COC(=O)C(N)CCC(=O)NCCC(C)(C)OCCC(C)(C)NC(=O)OC(C)(C)C. The van der Waals surface area contributed by atoms with E-state index in [2.05, 4.69) is 15.4 Å². The first kappa shape index (κ1) is 28.1. The zero-order valence-corrected chi connectivity index (χ0v) is 19.8. The fourth-order valence-electron chi connectivity index (χ4n) is 2.44. The number of carbonyl (C=O) groups excluding carboxylic acids is 3. The highest BCUT2D eigenvalue weighted by atomic mass is 16.6. The van der Waals surface area contributed by atoms with Gasteiger partial charge in [0.25, 0.3) is 0 Å². The largest absolute Gasteiger partial charge is 0.468 e. The van der Waals surface area contributed by atoms with Crippen molar-refractivity contribution in [3.8, 4) is 0 Å². The molecule has 0 aliphatic rings. The van der Waals surface area contributed by atoms with Crippen LogP contribution in [0.25, 0.3) is 0 Å². The van der Waals surface area contributed by atoms with E-state index < -0.39 is 34.8 Å². The van der Waals surface area contributed by atoms with Crippen molar-refractivity contribution in [2.24, 2.45) is 5.73 Å². The average molecular weight is 432 g/mol. The molecule has 2 amide bonds. The van der Waals surface area contributed by atoms with Gasteiger partial charge < -0.3 is 30.6 Å². The smallest absolute Gasteiger partial charge is 0.408 e. The van der Waals surface area contributed by atoms with Crippen LogP contribution in [0.1, 0.15) is 74.1 Å². The lowest BCUT2D eigenvalue weighted by Gasteiger charge is -2.31. The maximum absolute atomic E-state index is 11.9. The van der Waals surface area contributed by atoms with Crippen LogP contribution in [-0.2, 0) is 23.8 Å². The summed E-state index contributed by atoms with van der Waals surface area (Å²) in [6.45, 7) is 14.0. The van der Waals surface area contributed by atoms with Crippen molar-refractivity contribution in [3.63, 3.8) is 0 Å². The molecule has 30 heavy (non-hydrogen) atoms. The number of hydrogen-bond donors (Lipinski definition) is 3. The summed E-state index contributed by atoms with van der Waals surface area (Å²) in [4.78, 5) is 35.1. The predicted molar refractivity (Wildman–Crippen MR) is 115 cm³/mol. The van der Waals surface area contributed by atoms with E-state index in [4.69, 9.17) is 15.2 Å². The van der Waals surface area contributed by atoms with E-state index in [1.807, 2.05) is 48.5 Å². The number of esters is 1. The summed E-state index contributed by atoms with van der Waals surface area (Å²) in [5, 5.41) is 5.66. The lowest BCUT2D eigenvalue weighted by molar-refractivity contribution is -0.142. The Kier molecular flexibility index (Phi) is 11.3. The maximum atomic E-state index is 11.9. The molecule has 0 bridgehead atoms. The molecule has 0 aliphatic heterocycles. The second-order valence-electron chi connectivity index (χ2n) is 9.64. The number of alkyl carbamates (subject to hydrolysis) is 1. The Bertz CT molecular complexity index is 570. The summed E-state index contributed by atoms with van der Waals surface area (Å²) >= 11 is 0. The van der Waals surface area contributed by atoms with Crippen LogP contribution < -0.4 is 16.4 Å². The first-order valence-corrected chi connectivity index (χ1v) is 10.3. The molecule has 4 N–H and O–H groups in total. The maximum Gasteiger partial charge on any atom is 0.408 e. The molecule has 9 nitrogen and oxygen atoms in total. The Morgan fingerprint density at radius 2 is 1.60 bits per heavy atom. The van der Waals surface area contributed by atoms with Gasteiger partial charge in [-0.1, -0.05) is 0 Å². The molecule has 9 heteroatoms. The number of amides is 2. The molecule has 0 aromatic heterocycles. The summed E-state index contributed by atoms with van der Waals surface area (Å²) in [6, 6.07) is -0.793. The molecule has 1 unspecified atom stereocenters. The first-order chi connectivity index (χ1) is 13.6. The lowest BCUT2D eigenvalue weighted by Crippen LogP contribution is -2.46. The minimum absolute atomic E-state index is 0.155. The highest BCUT2D eigenvalue weighted by molar-refractivity contribution is 5.79. The molecule has 0 aromatic carbocycles. The summed E-state index contributed by atoms with van der Waals surface area (Å²) in [5.74, 6) is -0.700. The van der Waals surface area contributed by atoms with Crippen molar-refractivity contribution < 1.29 is 28.6 Å². The second-order valence-corrected chi connectivity index (χ2v) is 9.64. The van der Waals surface area contributed by atoms with E-state index in [1.165, 1.54) is 7.11 Å². The zero-order chi connectivity index (χ0) is 23.6. The van der Waals surface area contributed by atoms with E-state index in [-0.39, 0.29) is 18.7 Å². The Balaban J connectivity index is 4.18. The number of methoxy groups -OCH3 is 1. The van der Waals surface area contributed by atoms with Gasteiger partial charge in [-0.2, -0.15) is 0 Å². The van der Waals surface area contributed by atoms with E-state index in [0.29, 0.717) is 26.0 Å². The van der Waals surface area contributed by atoms with Crippen molar-refractivity contribution in [2.75, 3.05) is 20.3 Å². The van der Waals surface area contributed by atoms with Crippen LogP contribution in [0.4, 0.5) is 4.79 Å². The Hall–Kier alpha value is -1.87. The monoisotopic (exact) mass is 431 g/mol. The van der Waals surface area contributed by atoms with E-state index in [0.717, 1.165) is 0 Å². The van der Waals surface area contributed by atoms with Gasteiger partial charge in [-0.05, 0) is 67.7 Å². The third kappa shape index (κ3) is 14.2. The quantitative estimate of drug-likeness (QED) is 0.404. The van der Waals surface area contributed by atoms with Crippen LogP contribution in [0, 0.1) is 0 Å². The first-order valence-electron chi connectivity index (χ1n) is 10.3. The summed E-state index contributed by atoms with van der Waals surface area (Å²) in [6.07, 6.45) is 1.15. The molecule has 0 radical (unpaired) electrons. The van der Waals surface area contributed by atoms with Crippen LogP contribution in [-0.4, -0.2) is 61.0 Å². The van der Waals surface area contributed by atoms with E-state index in [1.54, 1.807) is 0 Å². The number of ether oxygens (including phenoxy) is 3.